The fourth-order valence-electron chi connectivity index (χ4n) is 1.55. The number of hydrogen-bond donors (Lipinski definition) is 1. The molecule has 1 aliphatic rings. The van der Waals surface area contributed by atoms with Gasteiger partial charge in [0.15, 0.2) is 5.78 Å². The van der Waals surface area contributed by atoms with Crippen LogP contribution in [-0.2, 0) is 11.3 Å². The van der Waals surface area contributed by atoms with Crippen LogP contribution in [0.25, 0.3) is 0 Å². The molecular formula is C12H12FNO. The maximum Gasteiger partial charge on any atom is 0.157 e. The average molecular weight is 205 g/mol. The van der Waals surface area contributed by atoms with Crippen molar-refractivity contribution < 1.29 is 9.18 Å². The fraction of sp³-hybridized carbons (Fsp3) is 0.250. The van der Waals surface area contributed by atoms with Gasteiger partial charge >= 0.3 is 0 Å². The smallest absolute Gasteiger partial charge is 0.157 e. The van der Waals surface area contributed by atoms with Gasteiger partial charge in [-0.1, -0.05) is 12.1 Å². The number of rotatable bonds is 3. The largest absolute Gasteiger partial charge is 0.384 e. The standard InChI is InChI=1S/C12H12FNO/c13-10-3-1-9(2-4-10)8-14-11-5-6-12(15)7-11/h1-4,7,14H,5-6,8H2. The van der Waals surface area contributed by atoms with Crippen molar-refractivity contribution in [2.45, 2.75) is 19.4 Å². The van der Waals surface area contributed by atoms with Gasteiger partial charge in [0, 0.05) is 24.7 Å². The van der Waals surface area contributed by atoms with E-state index >= 15 is 0 Å². The molecule has 0 unspecified atom stereocenters. The van der Waals surface area contributed by atoms with Crippen LogP contribution in [0, 0.1) is 5.82 Å². The zero-order valence-corrected chi connectivity index (χ0v) is 8.29. The van der Waals surface area contributed by atoms with Gasteiger partial charge in [0.25, 0.3) is 0 Å². The maximum absolute atomic E-state index is 12.6. The molecule has 0 amide bonds. The van der Waals surface area contributed by atoms with E-state index in [1.54, 1.807) is 18.2 Å². The molecule has 0 saturated heterocycles. The van der Waals surface area contributed by atoms with Crippen molar-refractivity contribution in [2.24, 2.45) is 0 Å². The summed E-state index contributed by atoms with van der Waals surface area (Å²) in [5, 5.41) is 3.17. The molecule has 2 nitrogen and oxygen atoms in total. The van der Waals surface area contributed by atoms with E-state index in [2.05, 4.69) is 5.32 Å². The van der Waals surface area contributed by atoms with Gasteiger partial charge in [-0.05, 0) is 24.1 Å². The van der Waals surface area contributed by atoms with Crippen molar-refractivity contribution in [3.05, 3.63) is 47.4 Å². The van der Waals surface area contributed by atoms with Crippen molar-refractivity contribution in [3.63, 3.8) is 0 Å². The summed E-state index contributed by atoms with van der Waals surface area (Å²) in [5.41, 5.74) is 1.99. The second-order valence-electron chi connectivity index (χ2n) is 3.62. The number of carbonyl (C=O) groups is 1. The maximum atomic E-state index is 12.6. The molecule has 1 aromatic rings. The highest BCUT2D eigenvalue weighted by Gasteiger charge is 2.10. The molecule has 15 heavy (non-hydrogen) atoms. The number of ketones is 1. The minimum absolute atomic E-state index is 0.177. The van der Waals surface area contributed by atoms with Gasteiger partial charge in [-0.2, -0.15) is 0 Å². The van der Waals surface area contributed by atoms with E-state index in [1.165, 1.54) is 12.1 Å². The number of nitrogens with one attached hydrogen (secondary N) is 1. The van der Waals surface area contributed by atoms with Gasteiger partial charge < -0.3 is 5.32 Å². The first kappa shape index (κ1) is 9.90. The Morgan fingerprint density at radius 1 is 1.20 bits per heavy atom. The average Bonchev–Trinajstić information content (AvgIpc) is 2.64. The van der Waals surface area contributed by atoms with Gasteiger partial charge in [0.1, 0.15) is 5.82 Å². The van der Waals surface area contributed by atoms with Crippen LogP contribution in [0.3, 0.4) is 0 Å². The Morgan fingerprint density at radius 3 is 2.53 bits per heavy atom. The predicted molar refractivity (Wildman–Crippen MR) is 55.6 cm³/mol. The number of benzene rings is 1. The van der Waals surface area contributed by atoms with Crippen LogP contribution < -0.4 is 5.32 Å². The van der Waals surface area contributed by atoms with E-state index in [9.17, 15) is 9.18 Å². The lowest BCUT2D eigenvalue weighted by molar-refractivity contribution is -0.114. The number of carbonyl (C=O) groups excluding carboxylic acids is 1. The number of hydrogen-bond acceptors (Lipinski definition) is 2. The van der Waals surface area contributed by atoms with Crippen molar-refractivity contribution in [1.29, 1.82) is 0 Å². The highest BCUT2D eigenvalue weighted by molar-refractivity contribution is 5.92. The van der Waals surface area contributed by atoms with Crippen LogP contribution in [0.5, 0.6) is 0 Å². The monoisotopic (exact) mass is 205 g/mol. The summed E-state index contributed by atoms with van der Waals surface area (Å²) < 4.78 is 12.6. The van der Waals surface area contributed by atoms with Gasteiger partial charge in [0.05, 0.1) is 0 Å². The van der Waals surface area contributed by atoms with Crippen LogP contribution in [-0.4, -0.2) is 5.78 Å². The molecule has 0 aliphatic heterocycles. The SMILES string of the molecule is O=C1C=C(NCc2ccc(F)cc2)CC1. The van der Waals surface area contributed by atoms with E-state index in [-0.39, 0.29) is 11.6 Å². The van der Waals surface area contributed by atoms with Crippen molar-refractivity contribution in [2.75, 3.05) is 0 Å². The zero-order chi connectivity index (χ0) is 10.7. The minimum Gasteiger partial charge on any atom is -0.384 e. The van der Waals surface area contributed by atoms with Crippen molar-refractivity contribution >= 4 is 5.78 Å². The van der Waals surface area contributed by atoms with Crippen molar-refractivity contribution in [3.8, 4) is 0 Å². The first-order valence-corrected chi connectivity index (χ1v) is 4.96. The predicted octanol–water partition coefficient (Wildman–Crippen LogP) is 2.16. The molecule has 78 valence electrons. The van der Waals surface area contributed by atoms with E-state index in [4.69, 9.17) is 0 Å². The second-order valence-corrected chi connectivity index (χ2v) is 3.62. The van der Waals surface area contributed by atoms with Crippen LogP contribution in [0.1, 0.15) is 18.4 Å². The molecule has 1 aromatic carbocycles. The second kappa shape index (κ2) is 4.26. The first-order chi connectivity index (χ1) is 7.24. The highest BCUT2D eigenvalue weighted by Crippen LogP contribution is 2.12. The molecule has 0 spiro atoms. The van der Waals surface area contributed by atoms with Crippen LogP contribution >= 0.6 is 0 Å². The summed E-state index contributed by atoms with van der Waals surface area (Å²) in [7, 11) is 0. The third kappa shape index (κ3) is 2.65. The molecule has 0 heterocycles. The molecule has 1 N–H and O–H groups in total. The van der Waals surface area contributed by atoms with Crippen molar-refractivity contribution in [1.82, 2.24) is 5.32 Å². The lowest BCUT2D eigenvalue weighted by atomic mass is 10.2. The Hall–Kier alpha value is -1.64. The number of allylic oxidation sites excluding steroid dienone is 2. The lowest BCUT2D eigenvalue weighted by Crippen LogP contribution is -2.10. The summed E-state index contributed by atoms with van der Waals surface area (Å²) in [6.07, 6.45) is 3.04. The Morgan fingerprint density at radius 2 is 1.93 bits per heavy atom. The quantitative estimate of drug-likeness (QED) is 0.819. The van der Waals surface area contributed by atoms with E-state index in [1.807, 2.05) is 0 Å². The van der Waals surface area contributed by atoms with Crippen LogP contribution in [0.2, 0.25) is 0 Å². The summed E-state index contributed by atoms with van der Waals surface area (Å²) in [5.74, 6) is -0.0504. The van der Waals surface area contributed by atoms with Gasteiger partial charge in [-0.25, -0.2) is 4.39 Å². The molecule has 3 heteroatoms. The van der Waals surface area contributed by atoms with Gasteiger partial charge in [0.2, 0.25) is 0 Å². The minimum atomic E-state index is -0.228. The Labute approximate surface area is 87.8 Å². The Bertz CT molecular complexity index is 395. The van der Waals surface area contributed by atoms with E-state index < -0.39 is 0 Å². The summed E-state index contributed by atoms with van der Waals surface area (Å²) in [4.78, 5) is 10.9. The normalized spacial score (nSPS) is 15.3. The van der Waals surface area contributed by atoms with Crippen LogP contribution in [0.15, 0.2) is 36.0 Å². The fourth-order valence-corrected chi connectivity index (χ4v) is 1.55. The van der Waals surface area contributed by atoms with Gasteiger partial charge in [-0.15, -0.1) is 0 Å². The summed E-state index contributed by atoms with van der Waals surface area (Å²) >= 11 is 0. The molecule has 0 fully saturated rings. The first-order valence-electron chi connectivity index (χ1n) is 4.96. The molecule has 2 rings (SSSR count). The Balaban J connectivity index is 1.91. The molecular weight excluding hydrogens is 193 g/mol. The highest BCUT2D eigenvalue weighted by atomic mass is 19.1. The molecule has 0 atom stereocenters. The number of halogens is 1. The topological polar surface area (TPSA) is 29.1 Å². The Kier molecular flexibility index (Phi) is 2.81. The lowest BCUT2D eigenvalue weighted by Gasteiger charge is -2.06. The van der Waals surface area contributed by atoms with Crippen LogP contribution in [0.4, 0.5) is 4.39 Å². The zero-order valence-electron chi connectivity index (χ0n) is 8.29. The molecule has 0 radical (unpaired) electrons. The van der Waals surface area contributed by atoms with E-state index in [0.717, 1.165) is 17.7 Å². The molecule has 0 aromatic heterocycles. The summed E-state index contributed by atoms with van der Waals surface area (Å²) in [6.45, 7) is 0.638. The molecule has 1 aliphatic carbocycles. The molecule has 0 saturated carbocycles. The van der Waals surface area contributed by atoms with E-state index in [0.29, 0.717) is 13.0 Å². The third-order valence-corrected chi connectivity index (χ3v) is 2.41. The third-order valence-electron chi connectivity index (χ3n) is 2.41. The summed E-state index contributed by atoms with van der Waals surface area (Å²) in [6, 6.07) is 6.34. The van der Waals surface area contributed by atoms with Gasteiger partial charge in [-0.3, -0.25) is 4.79 Å². The molecule has 0 bridgehead atoms.